The molecule has 1 aliphatic rings. The van der Waals surface area contributed by atoms with Gasteiger partial charge in [0.15, 0.2) is 0 Å². The summed E-state index contributed by atoms with van der Waals surface area (Å²) < 4.78 is 0. The molecule has 5 heteroatoms. The molecular formula is C15H14N4O. The van der Waals surface area contributed by atoms with Crippen LogP contribution >= 0.6 is 0 Å². The molecule has 5 nitrogen and oxygen atoms in total. The van der Waals surface area contributed by atoms with E-state index >= 15 is 0 Å². The van der Waals surface area contributed by atoms with Gasteiger partial charge in [-0.15, -0.1) is 0 Å². The Morgan fingerprint density at radius 2 is 2.15 bits per heavy atom. The van der Waals surface area contributed by atoms with Crippen LogP contribution in [0.5, 0.6) is 5.75 Å². The molecule has 0 fully saturated rings. The van der Waals surface area contributed by atoms with Gasteiger partial charge in [-0.3, -0.25) is 4.98 Å². The van der Waals surface area contributed by atoms with E-state index in [2.05, 4.69) is 26.3 Å². The minimum absolute atomic E-state index is 0.0794. The lowest BCUT2D eigenvalue weighted by Crippen LogP contribution is -2.30. The highest BCUT2D eigenvalue weighted by Gasteiger charge is 2.24. The fourth-order valence-electron chi connectivity index (χ4n) is 2.78. The summed E-state index contributed by atoms with van der Waals surface area (Å²) in [6.45, 7) is 0.924. The van der Waals surface area contributed by atoms with Crippen molar-refractivity contribution in [3.63, 3.8) is 0 Å². The third-order valence-electron chi connectivity index (χ3n) is 3.77. The number of aromatic nitrogens is 3. The number of benzene rings is 1. The predicted molar refractivity (Wildman–Crippen MR) is 75.5 cm³/mol. The molecule has 0 saturated carbocycles. The Bertz CT molecular complexity index is 780. The molecule has 0 amide bonds. The van der Waals surface area contributed by atoms with Crippen LogP contribution in [0.25, 0.3) is 10.9 Å². The summed E-state index contributed by atoms with van der Waals surface area (Å²) in [5.74, 6) is 0.239. The van der Waals surface area contributed by atoms with Gasteiger partial charge >= 0.3 is 0 Å². The Hall–Kier alpha value is -2.40. The van der Waals surface area contributed by atoms with Gasteiger partial charge in [-0.1, -0.05) is 0 Å². The SMILES string of the molecule is Oc1ccc2cc([C@@H]3NCCc4[nH]cnc43)cnc2c1. The highest BCUT2D eigenvalue weighted by molar-refractivity contribution is 5.80. The van der Waals surface area contributed by atoms with E-state index in [1.165, 1.54) is 5.69 Å². The summed E-state index contributed by atoms with van der Waals surface area (Å²) in [7, 11) is 0. The lowest BCUT2D eigenvalue weighted by Gasteiger charge is -2.23. The zero-order valence-electron chi connectivity index (χ0n) is 10.8. The largest absolute Gasteiger partial charge is 0.508 e. The number of fused-ring (bicyclic) bond motifs is 2. The topological polar surface area (TPSA) is 73.8 Å². The van der Waals surface area contributed by atoms with Crippen LogP contribution in [0, 0.1) is 0 Å². The molecule has 3 N–H and O–H groups in total. The molecule has 3 aromatic rings. The van der Waals surface area contributed by atoms with Crippen LogP contribution in [0.3, 0.4) is 0 Å². The number of hydrogen-bond acceptors (Lipinski definition) is 4. The first kappa shape index (κ1) is 11.4. The Balaban J connectivity index is 1.82. The number of nitrogens with zero attached hydrogens (tertiary/aromatic N) is 2. The number of H-pyrrole nitrogens is 1. The van der Waals surface area contributed by atoms with E-state index in [0.29, 0.717) is 0 Å². The highest BCUT2D eigenvalue weighted by atomic mass is 16.3. The lowest BCUT2D eigenvalue weighted by atomic mass is 9.98. The van der Waals surface area contributed by atoms with E-state index in [0.717, 1.165) is 35.1 Å². The monoisotopic (exact) mass is 266 g/mol. The number of rotatable bonds is 1. The average Bonchev–Trinajstić information content (AvgIpc) is 2.95. The maximum absolute atomic E-state index is 9.48. The smallest absolute Gasteiger partial charge is 0.117 e. The maximum Gasteiger partial charge on any atom is 0.117 e. The first-order valence-corrected chi connectivity index (χ1v) is 6.65. The molecule has 0 spiro atoms. The number of nitrogens with one attached hydrogen (secondary N) is 2. The Labute approximate surface area is 115 Å². The van der Waals surface area contributed by atoms with Gasteiger partial charge in [0, 0.05) is 36.3 Å². The van der Waals surface area contributed by atoms with E-state index in [4.69, 9.17) is 0 Å². The standard InChI is InChI=1S/C15H14N4O/c20-11-2-1-9-5-10(7-17-13(9)6-11)14-15-12(3-4-16-14)18-8-19-15/h1-2,5-8,14,16,20H,3-4H2,(H,18,19)/t14-/m0/s1. The van der Waals surface area contributed by atoms with E-state index in [-0.39, 0.29) is 11.8 Å². The summed E-state index contributed by atoms with van der Waals surface area (Å²) in [5.41, 5.74) is 4.14. The third kappa shape index (κ3) is 1.75. The molecule has 0 bridgehead atoms. The Morgan fingerprint density at radius 3 is 3.10 bits per heavy atom. The fourth-order valence-corrected chi connectivity index (χ4v) is 2.78. The number of phenols is 1. The predicted octanol–water partition coefficient (Wildman–Crippen LogP) is 1.90. The molecule has 0 aliphatic carbocycles. The number of imidazole rings is 1. The summed E-state index contributed by atoms with van der Waals surface area (Å²) in [4.78, 5) is 12.1. The fraction of sp³-hybridized carbons (Fsp3) is 0.200. The minimum Gasteiger partial charge on any atom is -0.508 e. The molecule has 0 saturated heterocycles. The minimum atomic E-state index is 0.0794. The van der Waals surface area contributed by atoms with Gasteiger partial charge in [0.05, 0.1) is 23.6 Å². The van der Waals surface area contributed by atoms with Gasteiger partial charge in [0.25, 0.3) is 0 Å². The molecule has 100 valence electrons. The van der Waals surface area contributed by atoms with Gasteiger partial charge < -0.3 is 15.4 Å². The van der Waals surface area contributed by atoms with Gasteiger partial charge in [-0.25, -0.2) is 4.98 Å². The van der Waals surface area contributed by atoms with E-state index in [9.17, 15) is 5.11 Å². The van der Waals surface area contributed by atoms with Crippen molar-refractivity contribution in [3.05, 3.63) is 53.7 Å². The van der Waals surface area contributed by atoms with Crippen molar-refractivity contribution in [2.45, 2.75) is 12.5 Å². The van der Waals surface area contributed by atoms with Crippen LogP contribution in [0.2, 0.25) is 0 Å². The zero-order chi connectivity index (χ0) is 13.5. The van der Waals surface area contributed by atoms with Gasteiger partial charge in [-0.05, 0) is 23.8 Å². The number of aromatic hydroxyl groups is 1. The van der Waals surface area contributed by atoms with Gasteiger partial charge in [-0.2, -0.15) is 0 Å². The number of aromatic amines is 1. The average molecular weight is 266 g/mol. The van der Waals surface area contributed by atoms with Crippen molar-refractivity contribution < 1.29 is 5.11 Å². The molecule has 0 radical (unpaired) electrons. The Kier molecular flexibility index (Phi) is 2.47. The second-order valence-corrected chi connectivity index (χ2v) is 5.05. The van der Waals surface area contributed by atoms with Crippen molar-refractivity contribution >= 4 is 10.9 Å². The number of hydrogen-bond donors (Lipinski definition) is 3. The molecule has 4 rings (SSSR count). The lowest BCUT2D eigenvalue weighted by molar-refractivity contribution is 0.476. The summed E-state index contributed by atoms with van der Waals surface area (Å²) in [5, 5.41) is 14.0. The molecule has 2 aromatic heterocycles. The van der Waals surface area contributed by atoms with E-state index in [1.54, 1.807) is 18.5 Å². The van der Waals surface area contributed by atoms with Gasteiger partial charge in [0.2, 0.25) is 0 Å². The van der Waals surface area contributed by atoms with Crippen molar-refractivity contribution in [1.82, 2.24) is 20.3 Å². The molecule has 20 heavy (non-hydrogen) atoms. The molecule has 1 aliphatic heterocycles. The summed E-state index contributed by atoms with van der Waals surface area (Å²) >= 11 is 0. The van der Waals surface area contributed by atoms with Crippen molar-refractivity contribution in [1.29, 1.82) is 0 Å². The third-order valence-corrected chi connectivity index (χ3v) is 3.77. The molecular weight excluding hydrogens is 252 g/mol. The Morgan fingerprint density at radius 1 is 1.20 bits per heavy atom. The van der Waals surface area contributed by atoms with E-state index in [1.807, 2.05) is 12.3 Å². The van der Waals surface area contributed by atoms with Crippen molar-refractivity contribution in [2.75, 3.05) is 6.54 Å². The van der Waals surface area contributed by atoms with Crippen molar-refractivity contribution in [2.24, 2.45) is 0 Å². The number of pyridine rings is 1. The second-order valence-electron chi connectivity index (χ2n) is 5.05. The quantitative estimate of drug-likeness (QED) is 0.629. The van der Waals surface area contributed by atoms with Crippen molar-refractivity contribution in [3.8, 4) is 5.75 Å². The molecule has 0 unspecified atom stereocenters. The first-order chi connectivity index (χ1) is 9.81. The summed E-state index contributed by atoms with van der Waals surface area (Å²) in [6.07, 6.45) is 4.57. The van der Waals surface area contributed by atoms with E-state index < -0.39 is 0 Å². The molecule has 1 aromatic carbocycles. The van der Waals surface area contributed by atoms with Crippen LogP contribution in [-0.2, 0) is 6.42 Å². The maximum atomic E-state index is 9.48. The van der Waals surface area contributed by atoms with Crippen LogP contribution < -0.4 is 5.32 Å². The van der Waals surface area contributed by atoms with Crippen LogP contribution in [0.15, 0.2) is 36.8 Å². The van der Waals surface area contributed by atoms with Crippen LogP contribution in [-0.4, -0.2) is 26.6 Å². The normalized spacial score (nSPS) is 18.1. The summed E-state index contributed by atoms with van der Waals surface area (Å²) in [6, 6.07) is 7.42. The first-order valence-electron chi connectivity index (χ1n) is 6.65. The number of phenolic OH excluding ortho intramolecular Hbond substituents is 1. The zero-order valence-corrected chi connectivity index (χ0v) is 10.8. The molecule has 1 atom stereocenters. The molecule has 3 heterocycles. The highest BCUT2D eigenvalue weighted by Crippen LogP contribution is 2.28. The van der Waals surface area contributed by atoms with Gasteiger partial charge in [0.1, 0.15) is 5.75 Å². The van der Waals surface area contributed by atoms with Crippen LogP contribution in [0.1, 0.15) is 23.0 Å². The van der Waals surface area contributed by atoms with Crippen LogP contribution in [0.4, 0.5) is 0 Å². The second kappa shape index (κ2) is 4.31.